The van der Waals surface area contributed by atoms with Crippen molar-refractivity contribution in [2.24, 2.45) is 5.73 Å². The maximum atomic E-state index is 13.1. The van der Waals surface area contributed by atoms with Crippen molar-refractivity contribution < 1.29 is 22.8 Å². The van der Waals surface area contributed by atoms with Crippen molar-refractivity contribution in [3.8, 4) is 0 Å². The second-order valence-corrected chi connectivity index (χ2v) is 6.42. The van der Waals surface area contributed by atoms with E-state index in [0.29, 0.717) is 5.69 Å². The number of alkyl halides is 3. The van der Waals surface area contributed by atoms with Crippen LogP contribution in [0, 0.1) is 0 Å². The van der Waals surface area contributed by atoms with Crippen molar-refractivity contribution in [2.75, 3.05) is 25.0 Å². The standard InChI is InChI=1S/C20H22F3N3O2/c1-25(13-15-7-5-6-10-17(15)20(21,22)23)14-19(28)26(12-11-18(24)27)16-8-3-2-4-9-16/h2-10H,11-14H2,1H3,(H2,24,27). The SMILES string of the molecule is CN(CC(=O)N(CCC(N)=O)c1ccccc1)Cc1ccccc1C(F)(F)F. The average molecular weight is 393 g/mol. The summed E-state index contributed by atoms with van der Waals surface area (Å²) in [5.41, 5.74) is 5.15. The fourth-order valence-corrected chi connectivity index (χ4v) is 2.83. The Hall–Kier alpha value is -2.87. The van der Waals surface area contributed by atoms with E-state index in [2.05, 4.69) is 0 Å². The highest BCUT2D eigenvalue weighted by atomic mass is 19.4. The molecule has 0 heterocycles. The lowest BCUT2D eigenvalue weighted by Gasteiger charge is -2.26. The molecule has 0 aromatic heterocycles. The quantitative estimate of drug-likeness (QED) is 0.750. The maximum Gasteiger partial charge on any atom is 0.416 e. The van der Waals surface area contributed by atoms with Crippen LogP contribution in [0.1, 0.15) is 17.5 Å². The van der Waals surface area contributed by atoms with E-state index in [1.807, 2.05) is 0 Å². The number of carbonyl (C=O) groups is 2. The minimum atomic E-state index is -4.46. The number of hydrogen-bond acceptors (Lipinski definition) is 3. The van der Waals surface area contributed by atoms with E-state index in [1.165, 1.54) is 28.0 Å². The summed E-state index contributed by atoms with van der Waals surface area (Å²) in [6.07, 6.45) is -4.47. The summed E-state index contributed by atoms with van der Waals surface area (Å²) in [7, 11) is 1.57. The Labute approximate surface area is 161 Å². The van der Waals surface area contributed by atoms with Crippen molar-refractivity contribution in [1.82, 2.24) is 4.90 Å². The number of nitrogens with two attached hydrogens (primary N) is 1. The molecular weight excluding hydrogens is 371 g/mol. The molecule has 2 rings (SSSR count). The molecule has 2 N–H and O–H groups in total. The van der Waals surface area contributed by atoms with Gasteiger partial charge in [0.15, 0.2) is 0 Å². The number of primary amides is 1. The van der Waals surface area contributed by atoms with Gasteiger partial charge in [-0.2, -0.15) is 13.2 Å². The Morgan fingerprint density at radius 1 is 1.00 bits per heavy atom. The van der Waals surface area contributed by atoms with Crippen molar-refractivity contribution in [3.05, 3.63) is 65.7 Å². The highest BCUT2D eigenvalue weighted by Crippen LogP contribution is 2.32. The van der Waals surface area contributed by atoms with E-state index in [1.54, 1.807) is 37.4 Å². The normalized spacial score (nSPS) is 11.5. The number of amides is 2. The second kappa shape index (κ2) is 9.36. The zero-order valence-corrected chi connectivity index (χ0v) is 15.4. The third-order valence-corrected chi connectivity index (χ3v) is 4.12. The highest BCUT2D eigenvalue weighted by Gasteiger charge is 2.33. The predicted octanol–water partition coefficient (Wildman–Crippen LogP) is 3.05. The Kier molecular flexibility index (Phi) is 7.17. The van der Waals surface area contributed by atoms with Crippen LogP contribution in [0.3, 0.4) is 0 Å². The molecule has 0 bridgehead atoms. The first-order valence-electron chi connectivity index (χ1n) is 8.66. The number of nitrogens with zero attached hydrogens (tertiary/aromatic N) is 2. The first-order chi connectivity index (χ1) is 13.2. The molecule has 5 nitrogen and oxygen atoms in total. The van der Waals surface area contributed by atoms with Crippen LogP contribution < -0.4 is 10.6 Å². The van der Waals surface area contributed by atoms with Gasteiger partial charge in [0.25, 0.3) is 0 Å². The van der Waals surface area contributed by atoms with E-state index in [4.69, 9.17) is 5.73 Å². The third kappa shape index (κ3) is 6.09. The Balaban J connectivity index is 2.12. The largest absolute Gasteiger partial charge is 0.416 e. The van der Waals surface area contributed by atoms with Gasteiger partial charge in [0, 0.05) is 25.2 Å². The smallest absolute Gasteiger partial charge is 0.370 e. The van der Waals surface area contributed by atoms with Crippen LogP contribution in [0.2, 0.25) is 0 Å². The summed E-state index contributed by atoms with van der Waals surface area (Å²) in [6, 6.07) is 14.0. The topological polar surface area (TPSA) is 66.6 Å². The molecule has 0 fully saturated rings. The fourth-order valence-electron chi connectivity index (χ4n) is 2.83. The lowest BCUT2D eigenvalue weighted by molar-refractivity contribution is -0.138. The van der Waals surface area contributed by atoms with Crippen LogP contribution in [-0.2, 0) is 22.3 Å². The summed E-state index contributed by atoms with van der Waals surface area (Å²) < 4.78 is 39.4. The minimum Gasteiger partial charge on any atom is -0.370 e. The van der Waals surface area contributed by atoms with Gasteiger partial charge in [-0.15, -0.1) is 0 Å². The maximum absolute atomic E-state index is 13.1. The molecule has 0 aliphatic carbocycles. The number of likely N-dealkylation sites (N-methyl/N-ethyl adjacent to an activating group) is 1. The summed E-state index contributed by atoms with van der Waals surface area (Å²) in [6.45, 7) is -0.0507. The van der Waals surface area contributed by atoms with Crippen molar-refractivity contribution >= 4 is 17.5 Å². The summed E-state index contributed by atoms with van der Waals surface area (Å²) >= 11 is 0. The lowest BCUT2D eigenvalue weighted by Crippen LogP contribution is -2.40. The van der Waals surface area contributed by atoms with E-state index >= 15 is 0 Å². The van der Waals surface area contributed by atoms with Gasteiger partial charge in [-0.05, 0) is 30.8 Å². The molecule has 2 aromatic carbocycles. The third-order valence-electron chi connectivity index (χ3n) is 4.12. The number of carbonyl (C=O) groups excluding carboxylic acids is 2. The molecule has 0 saturated carbocycles. The van der Waals surface area contributed by atoms with Crippen LogP contribution in [0.15, 0.2) is 54.6 Å². The van der Waals surface area contributed by atoms with Gasteiger partial charge in [0.1, 0.15) is 0 Å². The molecule has 0 atom stereocenters. The van der Waals surface area contributed by atoms with Crippen LogP contribution in [0.25, 0.3) is 0 Å². The van der Waals surface area contributed by atoms with E-state index < -0.39 is 17.6 Å². The van der Waals surface area contributed by atoms with Crippen molar-refractivity contribution in [3.63, 3.8) is 0 Å². The number of benzene rings is 2. The lowest BCUT2D eigenvalue weighted by atomic mass is 10.1. The number of hydrogen-bond donors (Lipinski definition) is 1. The Morgan fingerprint density at radius 2 is 1.61 bits per heavy atom. The van der Waals surface area contributed by atoms with Crippen LogP contribution in [-0.4, -0.2) is 36.9 Å². The second-order valence-electron chi connectivity index (χ2n) is 6.42. The Bertz CT molecular complexity index is 810. The molecule has 0 aliphatic rings. The van der Waals surface area contributed by atoms with Gasteiger partial charge >= 0.3 is 6.18 Å². The van der Waals surface area contributed by atoms with Crippen LogP contribution >= 0.6 is 0 Å². The molecule has 2 amide bonds. The first kappa shape index (κ1) is 21.4. The number of anilines is 1. The number of halogens is 3. The molecule has 0 radical (unpaired) electrons. The van der Waals surface area contributed by atoms with Gasteiger partial charge in [0.05, 0.1) is 12.1 Å². The number of para-hydroxylation sites is 1. The molecule has 2 aromatic rings. The molecule has 28 heavy (non-hydrogen) atoms. The predicted molar refractivity (Wildman–Crippen MR) is 100 cm³/mol. The van der Waals surface area contributed by atoms with Crippen molar-refractivity contribution in [2.45, 2.75) is 19.1 Å². The van der Waals surface area contributed by atoms with Crippen molar-refractivity contribution in [1.29, 1.82) is 0 Å². The fraction of sp³-hybridized carbons (Fsp3) is 0.300. The molecular formula is C20H22F3N3O2. The molecule has 8 heteroatoms. The zero-order valence-electron chi connectivity index (χ0n) is 15.4. The highest BCUT2D eigenvalue weighted by molar-refractivity contribution is 5.95. The molecule has 0 aliphatic heterocycles. The minimum absolute atomic E-state index is 0.0126. The van der Waals surface area contributed by atoms with Gasteiger partial charge in [-0.1, -0.05) is 36.4 Å². The Morgan fingerprint density at radius 3 is 2.21 bits per heavy atom. The van der Waals surface area contributed by atoms with Gasteiger partial charge < -0.3 is 10.6 Å². The molecule has 0 unspecified atom stereocenters. The van der Waals surface area contributed by atoms with E-state index in [-0.39, 0.29) is 37.5 Å². The van der Waals surface area contributed by atoms with Gasteiger partial charge in [-0.3, -0.25) is 14.5 Å². The summed E-state index contributed by atoms with van der Waals surface area (Å²) in [5.74, 6) is -0.874. The molecule has 150 valence electrons. The molecule has 0 saturated heterocycles. The summed E-state index contributed by atoms with van der Waals surface area (Å²) in [5, 5.41) is 0. The van der Waals surface area contributed by atoms with Crippen LogP contribution in [0.4, 0.5) is 18.9 Å². The van der Waals surface area contributed by atoms with E-state index in [0.717, 1.165) is 6.07 Å². The summed E-state index contributed by atoms with van der Waals surface area (Å²) in [4.78, 5) is 26.8. The first-order valence-corrected chi connectivity index (χ1v) is 8.66. The van der Waals surface area contributed by atoms with Gasteiger partial charge in [-0.25, -0.2) is 0 Å². The average Bonchev–Trinajstić information content (AvgIpc) is 2.62. The number of rotatable bonds is 8. The monoisotopic (exact) mass is 393 g/mol. The zero-order chi connectivity index (χ0) is 20.7. The van der Waals surface area contributed by atoms with E-state index in [9.17, 15) is 22.8 Å². The van der Waals surface area contributed by atoms with Crippen LogP contribution in [0.5, 0.6) is 0 Å². The molecule has 0 spiro atoms. The van der Waals surface area contributed by atoms with Gasteiger partial charge in [0.2, 0.25) is 11.8 Å².